The number of fused-ring (bicyclic) bond motifs is 1. The summed E-state index contributed by atoms with van der Waals surface area (Å²) in [5, 5.41) is 4.12. The summed E-state index contributed by atoms with van der Waals surface area (Å²) in [5.74, 6) is 0. The van der Waals surface area contributed by atoms with Gasteiger partial charge in [-0.15, -0.1) is 4.91 Å². The Morgan fingerprint density at radius 2 is 1.74 bits per heavy atom. The van der Waals surface area contributed by atoms with E-state index in [1.807, 2.05) is 60.1 Å². The monoisotopic (exact) mass is 314 g/mol. The van der Waals surface area contributed by atoms with Gasteiger partial charge >= 0.3 is 0 Å². The molecule has 0 amide bonds. The Balaban J connectivity index is 2.37. The van der Waals surface area contributed by atoms with Crippen LogP contribution in [0.3, 0.4) is 0 Å². The zero-order valence-electron chi connectivity index (χ0n) is 10.3. The Bertz CT molecular complexity index is 760. The number of aromatic nitrogens is 1. The molecular formula is C15H11BrN2O. The predicted octanol–water partition coefficient (Wildman–Crippen LogP) is 5.01. The molecule has 0 N–H and O–H groups in total. The molecule has 3 rings (SSSR count). The summed E-state index contributed by atoms with van der Waals surface area (Å²) >= 11 is 3.41. The van der Waals surface area contributed by atoms with Gasteiger partial charge in [0, 0.05) is 22.5 Å². The first-order valence-corrected chi connectivity index (χ1v) is 6.68. The molecule has 0 saturated carbocycles. The van der Waals surface area contributed by atoms with E-state index in [-0.39, 0.29) is 0 Å². The van der Waals surface area contributed by atoms with Gasteiger partial charge in [-0.1, -0.05) is 46.3 Å². The third-order valence-electron chi connectivity index (χ3n) is 3.29. The van der Waals surface area contributed by atoms with Crippen LogP contribution in [0.5, 0.6) is 0 Å². The zero-order valence-corrected chi connectivity index (χ0v) is 11.9. The van der Waals surface area contributed by atoms with Crippen molar-refractivity contribution in [1.82, 2.24) is 4.57 Å². The number of nitroso groups, excluding NO2 is 1. The smallest absolute Gasteiger partial charge is 0.141 e. The fourth-order valence-corrected chi connectivity index (χ4v) is 2.67. The summed E-state index contributed by atoms with van der Waals surface area (Å²) < 4.78 is 3.02. The van der Waals surface area contributed by atoms with E-state index in [0.29, 0.717) is 5.69 Å². The van der Waals surface area contributed by atoms with Crippen LogP contribution in [0.25, 0.3) is 22.2 Å². The fourth-order valence-electron chi connectivity index (χ4n) is 2.40. The average Bonchev–Trinajstić information content (AvgIpc) is 2.73. The summed E-state index contributed by atoms with van der Waals surface area (Å²) in [4.78, 5) is 11.2. The Kier molecular flexibility index (Phi) is 2.95. The molecule has 3 nitrogen and oxygen atoms in total. The lowest BCUT2D eigenvalue weighted by atomic mass is 10.1. The van der Waals surface area contributed by atoms with Crippen LogP contribution in [0, 0.1) is 4.91 Å². The minimum atomic E-state index is 0.500. The van der Waals surface area contributed by atoms with Gasteiger partial charge in [0.2, 0.25) is 0 Å². The molecule has 1 aromatic heterocycles. The zero-order chi connectivity index (χ0) is 13.4. The highest BCUT2D eigenvalue weighted by Gasteiger charge is 2.16. The Labute approximate surface area is 119 Å². The van der Waals surface area contributed by atoms with Gasteiger partial charge in [-0.25, -0.2) is 0 Å². The molecule has 19 heavy (non-hydrogen) atoms. The Morgan fingerprint density at radius 1 is 1.05 bits per heavy atom. The van der Waals surface area contributed by atoms with Crippen molar-refractivity contribution in [3.8, 4) is 11.3 Å². The first-order chi connectivity index (χ1) is 9.22. The lowest BCUT2D eigenvalue weighted by molar-refractivity contribution is 0.978. The van der Waals surface area contributed by atoms with Crippen LogP contribution >= 0.6 is 15.9 Å². The molecule has 0 spiro atoms. The van der Waals surface area contributed by atoms with E-state index in [9.17, 15) is 4.91 Å². The molecular weight excluding hydrogens is 304 g/mol. The molecule has 2 aromatic carbocycles. The highest BCUT2D eigenvalue weighted by Crippen LogP contribution is 2.39. The number of aryl methyl sites for hydroxylation is 1. The van der Waals surface area contributed by atoms with Crippen molar-refractivity contribution in [1.29, 1.82) is 0 Å². The first kappa shape index (κ1) is 12.1. The lowest BCUT2D eigenvalue weighted by Crippen LogP contribution is -1.91. The van der Waals surface area contributed by atoms with Gasteiger partial charge in [-0.2, -0.15) is 0 Å². The van der Waals surface area contributed by atoms with E-state index in [4.69, 9.17) is 0 Å². The van der Waals surface area contributed by atoms with Gasteiger partial charge in [0.05, 0.1) is 11.2 Å². The normalized spacial score (nSPS) is 10.8. The van der Waals surface area contributed by atoms with Crippen molar-refractivity contribution in [2.75, 3.05) is 0 Å². The second-order valence-electron chi connectivity index (χ2n) is 4.37. The number of nitrogens with zero attached hydrogens (tertiary/aromatic N) is 2. The maximum Gasteiger partial charge on any atom is 0.141 e. The van der Waals surface area contributed by atoms with Crippen LogP contribution in [0.1, 0.15) is 0 Å². The molecule has 0 unspecified atom stereocenters. The summed E-state index contributed by atoms with van der Waals surface area (Å²) in [6.07, 6.45) is 0. The molecule has 0 aliphatic rings. The van der Waals surface area contributed by atoms with Crippen molar-refractivity contribution in [3.63, 3.8) is 0 Å². The van der Waals surface area contributed by atoms with Crippen LogP contribution in [-0.4, -0.2) is 4.57 Å². The fraction of sp³-hybridized carbons (Fsp3) is 0.0667. The van der Waals surface area contributed by atoms with Crippen LogP contribution in [0.15, 0.2) is 58.2 Å². The van der Waals surface area contributed by atoms with Crippen molar-refractivity contribution in [3.05, 3.63) is 57.9 Å². The second-order valence-corrected chi connectivity index (χ2v) is 5.29. The van der Waals surface area contributed by atoms with Crippen LogP contribution in [0.2, 0.25) is 0 Å². The highest BCUT2D eigenvalue weighted by molar-refractivity contribution is 9.10. The van der Waals surface area contributed by atoms with Gasteiger partial charge < -0.3 is 4.57 Å². The topological polar surface area (TPSA) is 34.4 Å². The third-order valence-corrected chi connectivity index (χ3v) is 3.82. The molecule has 0 fully saturated rings. The number of benzene rings is 2. The predicted molar refractivity (Wildman–Crippen MR) is 81.5 cm³/mol. The standard InChI is InChI=1S/C15H11BrN2O/c1-18-13-5-3-2-4-12(13)14(17-19)15(18)10-6-8-11(16)9-7-10/h2-9H,1H3. The van der Waals surface area contributed by atoms with Crippen LogP contribution in [-0.2, 0) is 7.05 Å². The van der Waals surface area contributed by atoms with E-state index < -0.39 is 0 Å². The molecule has 0 saturated heterocycles. The quantitative estimate of drug-likeness (QED) is 0.612. The van der Waals surface area contributed by atoms with Crippen LogP contribution < -0.4 is 0 Å². The van der Waals surface area contributed by atoms with Gasteiger partial charge in [0.25, 0.3) is 0 Å². The van der Waals surface area contributed by atoms with Gasteiger partial charge in [-0.3, -0.25) is 0 Å². The summed E-state index contributed by atoms with van der Waals surface area (Å²) in [6.45, 7) is 0. The van der Waals surface area contributed by atoms with Crippen LogP contribution in [0.4, 0.5) is 5.69 Å². The highest BCUT2D eigenvalue weighted by atomic mass is 79.9. The maximum absolute atomic E-state index is 11.2. The van der Waals surface area contributed by atoms with Crippen molar-refractivity contribution < 1.29 is 0 Å². The minimum Gasteiger partial charge on any atom is -0.342 e. The van der Waals surface area contributed by atoms with Crippen molar-refractivity contribution >= 4 is 32.5 Å². The van der Waals surface area contributed by atoms with Gasteiger partial charge in [-0.05, 0) is 23.4 Å². The Morgan fingerprint density at radius 3 is 2.42 bits per heavy atom. The van der Waals surface area contributed by atoms with Gasteiger partial charge in [0.1, 0.15) is 5.69 Å². The number of hydrogen-bond donors (Lipinski definition) is 0. The van der Waals surface area contributed by atoms with Crippen molar-refractivity contribution in [2.24, 2.45) is 12.2 Å². The summed E-state index contributed by atoms with van der Waals surface area (Å²) in [6, 6.07) is 15.7. The molecule has 0 radical (unpaired) electrons. The number of para-hydroxylation sites is 1. The third kappa shape index (κ3) is 1.88. The molecule has 0 atom stereocenters. The first-order valence-electron chi connectivity index (χ1n) is 5.89. The summed E-state index contributed by atoms with van der Waals surface area (Å²) in [5.41, 5.74) is 3.34. The second kappa shape index (κ2) is 4.63. The van der Waals surface area contributed by atoms with E-state index >= 15 is 0 Å². The molecule has 0 aliphatic carbocycles. The van der Waals surface area contributed by atoms with Gasteiger partial charge in [0.15, 0.2) is 0 Å². The summed E-state index contributed by atoms with van der Waals surface area (Å²) in [7, 11) is 1.95. The molecule has 94 valence electrons. The molecule has 0 aliphatic heterocycles. The van der Waals surface area contributed by atoms with E-state index in [1.54, 1.807) is 0 Å². The molecule has 3 aromatic rings. The number of rotatable bonds is 2. The van der Waals surface area contributed by atoms with E-state index in [0.717, 1.165) is 26.6 Å². The SMILES string of the molecule is Cn1c(-c2ccc(Br)cc2)c(N=O)c2ccccc21. The number of hydrogen-bond acceptors (Lipinski definition) is 2. The van der Waals surface area contributed by atoms with E-state index in [1.165, 1.54) is 0 Å². The molecule has 4 heteroatoms. The minimum absolute atomic E-state index is 0.500. The number of halogens is 1. The largest absolute Gasteiger partial charge is 0.342 e. The molecule has 0 bridgehead atoms. The maximum atomic E-state index is 11.2. The molecule has 1 heterocycles. The average molecular weight is 315 g/mol. The lowest BCUT2D eigenvalue weighted by Gasteiger charge is -2.05. The Hall–Kier alpha value is -1.94. The van der Waals surface area contributed by atoms with E-state index in [2.05, 4.69) is 21.1 Å². The van der Waals surface area contributed by atoms with Crippen molar-refractivity contribution in [2.45, 2.75) is 0 Å².